The number of aryl methyl sites for hydroxylation is 1. The highest BCUT2D eigenvalue weighted by molar-refractivity contribution is 7.98. The number of nitrogens with zero attached hydrogens (tertiary/aromatic N) is 1. The number of amides is 1. The summed E-state index contributed by atoms with van der Waals surface area (Å²) in [5.74, 6) is 1.61. The van der Waals surface area contributed by atoms with Crippen LogP contribution in [0.25, 0.3) is 0 Å². The first kappa shape index (κ1) is 28.0. The average molecular weight is 545 g/mol. The van der Waals surface area contributed by atoms with Gasteiger partial charge in [0, 0.05) is 22.9 Å². The fraction of sp³-hybridized carbons (Fsp3) is 0.296. The molecule has 1 amide bonds. The lowest BCUT2D eigenvalue weighted by molar-refractivity contribution is -0.119. The van der Waals surface area contributed by atoms with Crippen LogP contribution >= 0.6 is 23.5 Å². The molecule has 0 heterocycles. The van der Waals surface area contributed by atoms with Crippen LogP contribution in [0.2, 0.25) is 0 Å². The molecule has 3 aromatic rings. The van der Waals surface area contributed by atoms with E-state index in [1.807, 2.05) is 13.2 Å². The number of benzene rings is 3. The number of carbonyl (C=O) groups is 1. The van der Waals surface area contributed by atoms with Crippen molar-refractivity contribution in [1.82, 2.24) is 5.32 Å². The van der Waals surface area contributed by atoms with Crippen molar-refractivity contribution < 1.29 is 17.9 Å². The van der Waals surface area contributed by atoms with Gasteiger partial charge in [0.25, 0.3) is 10.0 Å². The van der Waals surface area contributed by atoms with Crippen LogP contribution in [0.3, 0.4) is 0 Å². The maximum absolute atomic E-state index is 13.7. The van der Waals surface area contributed by atoms with E-state index in [0.717, 1.165) is 20.7 Å². The van der Waals surface area contributed by atoms with Gasteiger partial charge >= 0.3 is 0 Å². The summed E-state index contributed by atoms with van der Waals surface area (Å²) in [7, 11) is -4.01. The molecule has 0 aliphatic heterocycles. The number of anilines is 1. The van der Waals surface area contributed by atoms with Crippen molar-refractivity contribution in [2.45, 2.75) is 29.4 Å². The summed E-state index contributed by atoms with van der Waals surface area (Å²) in [5, 5.41) is 2.86. The molecule has 3 aromatic carbocycles. The van der Waals surface area contributed by atoms with Crippen LogP contribution in [0.4, 0.5) is 5.69 Å². The third kappa shape index (κ3) is 7.69. The van der Waals surface area contributed by atoms with Gasteiger partial charge in [-0.3, -0.25) is 9.10 Å². The number of hydrogen-bond acceptors (Lipinski definition) is 6. The fourth-order valence-electron chi connectivity index (χ4n) is 3.44. The van der Waals surface area contributed by atoms with Gasteiger partial charge in [0.05, 0.1) is 17.2 Å². The second-order valence-electron chi connectivity index (χ2n) is 7.98. The van der Waals surface area contributed by atoms with E-state index in [2.05, 4.69) is 36.5 Å². The molecule has 9 heteroatoms. The minimum Gasteiger partial charge on any atom is -0.492 e. The number of nitrogens with one attached hydrogen (secondary N) is 1. The zero-order chi connectivity index (χ0) is 26.0. The molecule has 0 saturated heterocycles. The lowest BCUT2D eigenvalue weighted by atomic mass is 10.2. The smallest absolute Gasteiger partial charge is 0.264 e. The molecule has 1 N–H and O–H groups in total. The summed E-state index contributed by atoms with van der Waals surface area (Å²) in [4.78, 5) is 13.9. The Morgan fingerprint density at radius 1 is 1.00 bits per heavy atom. The van der Waals surface area contributed by atoms with E-state index in [9.17, 15) is 13.2 Å². The molecule has 192 valence electrons. The van der Waals surface area contributed by atoms with Gasteiger partial charge in [-0.25, -0.2) is 8.42 Å². The van der Waals surface area contributed by atoms with E-state index in [-0.39, 0.29) is 17.3 Å². The summed E-state index contributed by atoms with van der Waals surface area (Å²) < 4.78 is 34.1. The molecule has 0 aromatic heterocycles. The molecule has 0 atom stereocenters. The van der Waals surface area contributed by atoms with E-state index in [1.54, 1.807) is 60.3 Å². The maximum atomic E-state index is 13.7. The first-order valence-electron chi connectivity index (χ1n) is 11.6. The minimum absolute atomic E-state index is 0.119. The molecule has 36 heavy (non-hydrogen) atoms. The summed E-state index contributed by atoms with van der Waals surface area (Å²) in [6, 6.07) is 21.9. The average Bonchev–Trinajstić information content (AvgIpc) is 2.89. The zero-order valence-electron chi connectivity index (χ0n) is 20.8. The third-order valence-electron chi connectivity index (χ3n) is 5.33. The number of carbonyl (C=O) groups excluding carboxylic acids is 1. The predicted molar refractivity (Wildman–Crippen MR) is 151 cm³/mol. The highest BCUT2D eigenvalue weighted by Crippen LogP contribution is 2.32. The molecule has 0 aliphatic carbocycles. The first-order valence-corrected chi connectivity index (χ1v) is 15.5. The Morgan fingerprint density at radius 3 is 2.36 bits per heavy atom. The lowest BCUT2D eigenvalue weighted by Gasteiger charge is -2.26. The summed E-state index contributed by atoms with van der Waals surface area (Å²) in [6.45, 7) is 4.36. The number of ether oxygens (including phenoxy) is 1. The Bertz CT molecular complexity index is 1230. The lowest BCUT2D eigenvalue weighted by Crippen LogP contribution is -2.41. The van der Waals surface area contributed by atoms with Gasteiger partial charge in [-0.2, -0.15) is 11.8 Å². The molecule has 0 fully saturated rings. The molecule has 0 unspecified atom stereocenters. The predicted octanol–water partition coefficient (Wildman–Crippen LogP) is 5.36. The van der Waals surface area contributed by atoms with E-state index >= 15 is 0 Å². The van der Waals surface area contributed by atoms with Crippen LogP contribution in [-0.4, -0.2) is 46.0 Å². The van der Waals surface area contributed by atoms with E-state index in [1.165, 1.54) is 22.9 Å². The Balaban J connectivity index is 1.71. The molecule has 0 spiro atoms. The summed E-state index contributed by atoms with van der Waals surface area (Å²) >= 11 is 3.25. The zero-order valence-corrected chi connectivity index (χ0v) is 23.2. The van der Waals surface area contributed by atoms with Gasteiger partial charge in [0.15, 0.2) is 0 Å². The topological polar surface area (TPSA) is 75.7 Å². The maximum Gasteiger partial charge on any atom is 0.264 e. The number of thioether (sulfide) groups is 2. The van der Waals surface area contributed by atoms with E-state index < -0.39 is 10.0 Å². The normalized spacial score (nSPS) is 11.2. The molecule has 6 nitrogen and oxygen atoms in total. The monoisotopic (exact) mass is 544 g/mol. The summed E-state index contributed by atoms with van der Waals surface area (Å²) in [5.41, 5.74) is 2.79. The summed E-state index contributed by atoms with van der Waals surface area (Å²) in [6.07, 6.45) is 1.93. The molecular weight excluding hydrogens is 513 g/mol. The highest BCUT2D eigenvalue weighted by Gasteiger charge is 2.29. The second kappa shape index (κ2) is 13.6. The third-order valence-corrected chi connectivity index (χ3v) is 8.87. The van der Waals surface area contributed by atoms with Crippen molar-refractivity contribution >= 4 is 45.1 Å². The van der Waals surface area contributed by atoms with E-state index in [4.69, 9.17) is 4.74 Å². The van der Waals surface area contributed by atoms with Crippen LogP contribution in [0, 0.1) is 6.92 Å². The SMILES string of the molecule is CCOc1ccccc1N(CC(=O)NCCSCc1ccc(C)cc1)S(=O)(=O)c1ccc(SC)cc1. The van der Waals surface area contributed by atoms with Crippen LogP contribution in [0.5, 0.6) is 5.75 Å². The Labute approximate surface area is 222 Å². The Kier molecular flexibility index (Phi) is 10.6. The quantitative estimate of drug-likeness (QED) is 0.231. The molecule has 0 radical (unpaired) electrons. The van der Waals surface area contributed by atoms with Crippen molar-refractivity contribution in [2.24, 2.45) is 0 Å². The number of sulfonamides is 1. The standard InChI is InChI=1S/C27H32N2O4S3/c1-4-33-26-8-6-5-7-25(26)29(36(31,32)24-15-13-23(34-3)14-16-24)19-27(30)28-17-18-35-20-22-11-9-21(2)10-12-22/h5-16H,4,17-20H2,1-3H3,(H,28,30). The first-order chi connectivity index (χ1) is 17.3. The second-order valence-corrected chi connectivity index (χ2v) is 11.8. The van der Waals surface area contributed by atoms with Crippen molar-refractivity contribution in [3.8, 4) is 5.75 Å². The molecular formula is C27H32N2O4S3. The van der Waals surface area contributed by atoms with Gasteiger partial charge in [-0.1, -0.05) is 42.0 Å². The van der Waals surface area contributed by atoms with Crippen LogP contribution in [0.1, 0.15) is 18.1 Å². The fourth-order valence-corrected chi connectivity index (χ4v) is 6.10. The largest absolute Gasteiger partial charge is 0.492 e. The number of rotatable bonds is 13. The number of para-hydroxylation sites is 2. The van der Waals surface area contributed by atoms with Crippen molar-refractivity contribution in [2.75, 3.05) is 36.0 Å². The Hall–Kier alpha value is -2.62. The Morgan fingerprint density at radius 2 is 1.69 bits per heavy atom. The molecule has 0 bridgehead atoms. The van der Waals surface area contributed by atoms with Crippen LogP contribution in [0.15, 0.2) is 82.6 Å². The van der Waals surface area contributed by atoms with Gasteiger partial charge in [0.2, 0.25) is 5.91 Å². The molecule has 3 rings (SSSR count). The van der Waals surface area contributed by atoms with Crippen LogP contribution in [-0.2, 0) is 20.6 Å². The van der Waals surface area contributed by atoms with Gasteiger partial charge in [-0.05, 0) is 62.1 Å². The number of hydrogen-bond donors (Lipinski definition) is 1. The van der Waals surface area contributed by atoms with Crippen molar-refractivity contribution in [3.63, 3.8) is 0 Å². The van der Waals surface area contributed by atoms with Gasteiger partial charge in [0.1, 0.15) is 12.3 Å². The highest BCUT2D eigenvalue weighted by atomic mass is 32.2. The van der Waals surface area contributed by atoms with Crippen molar-refractivity contribution in [3.05, 3.63) is 83.9 Å². The van der Waals surface area contributed by atoms with E-state index in [0.29, 0.717) is 24.6 Å². The van der Waals surface area contributed by atoms with Gasteiger partial charge in [-0.15, -0.1) is 11.8 Å². The minimum atomic E-state index is -4.01. The molecule has 0 saturated carbocycles. The van der Waals surface area contributed by atoms with Crippen LogP contribution < -0.4 is 14.4 Å². The van der Waals surface area contributed by atoms with Gasteiger partial charge < -0.3 is 10.1 Å². The van der Waals surface area contributed by atoms with Crippen molar-refractivity contribution in [1.29, 1.82) is 0 Å². The molecule has 0 aliphatic rings.